The van der Waals surface area contributed by atoms with Crippen molar-refractivity contribution in [2.45, 2.75) is 20.1 Å². The van der Waals surface area contributed by atoms with Crippen LogP contribution < -0.4 is 10.2 Å². The van der Waals surface area contributed by atoms with Crippen LogP contribution in [0, 0.1) is 17.3 Å². The average molecular weight is 667 g/mol. The van der Waals surface area contributed by atoms with Crippen molar-refractivity contribution in [1.29, 1.82) is 0 Å². The second-order valence-corrected chi connectivity index (χ2v) is 9.39. The molecule has 0 aliphatic heterocycles. The Morgan fingerprint density at radius 3 is 2.52 bits per heavy atom. The van der Waals surface area contributed by atoms with E-state index in [9.17, 15) is 10.1 Å². The Labute approximate surface area is 217 Å². The number of rotatable bonds is 8. The maximum Gasteiger partial charge on any atom is 0.269 e. The quantitative estimate of drug-likeness (QED) is 0.105. The lowest BCUT2D eigenvalue weighted by atomic mass is 10.2. The zero-order chi connectivity index (χ0) is 23.4. The van der Waals surface area contributed by atoms with Gasteiger partial charge in [0.2, 0.25) is 5.95 Å². The molecule has 0 radical (unpaired) electrons. The lowest BCUT2D eigenvalue weighted by Crippen LogP contribution is -2.03. The standard InChI is InChI=1S/C23H19I2N5O3/c1-2-29-21-6-4-3-5-20(21)27-23(29)28-26-13-16-11-18(24)22(19(25)12-16)33-14-15-7-9-17(10-8-15)30(31)32/h3-13H,2,14H2,1H3,(H,27,28)/b26-13-. The third kappa shape index (κ3) is 5.43. The molecule has 33 heavy (non-hydrogen) atoms. The highest BCUT2D eigenvalue weighted by molar-refractivity contribution is 14.1. The fourth-order valence-electron chi connectivity index (χ4n) is 3.31. The van der Waals surface area contributed by atoms with Crippen LogP contribution in [0.5, 0.6) is 5.75 Å². The van der Waals surface area contributed by atoms with Gasteiger partial charge in [0.25, 0.3) is 5.69 Å². The van der Waals surface area contributed by atoms with Crippen molar-refractivity contribution in [2.24, 2.45) is 5.10 Å². The Hall–Kier alpha value is -2.74. The first kappa shape index (κ1) is 23.4. The molecule has 3 aromatic carbocycles. The number of aryl methyl sites for hydroxylation is 1. The summed E-state index contributed by atoms with van der Waals surface area (Å²) >= 11 is 4.47. The van der Waals surface area contributed by atoms with E-state index in [4.69, 9.17) is 4.74 Å². The number of imidazole rings is 1. The molecule has 0 amide bonds. The Bertz CT molecular complexity index is 1310. The van der Waals surface area contributed by atoms with E-state index in [-0.39, 0.29) is 5.69 Å². The number of halogens is 2. The lowest BCUT2D eigenvalue weighted by Gasteiger charge is -2.11. The number of non-ortho nitro benzene ring substituents is 1. The second kappa shape index (κ2) is 10.5. The molecule has 4 aromatic rings. The van der Waals surface area contributed by atoms with Gasteiger partial charge in [-0.3, -0.25) is 10.1 Å². The predicted molar refractivity (Wildman–Crippen MR) is 146 cm³/mol. The van der Waals surface area contributed by atoms with E-state index in [0.29, 0.717) is 12.6 Å². The monoisotopic (exact) mass is 667 g/mol. The molecule has 0 saturated carbocycles. The minimum atomic E-state index is -0.413. The molecule has 168 valence electrons. The van der Waals surface area contributed by atoms with Crippen molar-refractivity contribution in [3.63, 3.8) is 0 Å². The molecule has 0 bridgehead atoms. The zero-order valence-electron chi connectivity index (χ0n) is 17.5. The van der Waals surface area contributed by atoms with Gasteiger partial charge in [0.15, 0.2) is 0 Å². The fraction of sp³-hybridized carbons (Fsp3) is 0.130. The first-order valence-corrected chi connectivity index (χ1v) is 12.2. The largest absolute Gasteiger partial charge is 0.487 e. The van der Waals surface area contributed by atoms with Gasteiger partial charge in [-0.2, -0.15) is 5.10 Å². The average Bonchev–Trinajstić information content (AvgIpc) is 3.16. The van der Waals surface area contributed by atoms with E-state index >= 15 is 0 Å². The van der Waals surface area contributed by atoms with E-state index in [0.717, 1.165) is 41.6 Å². The molecule has 10 heteroatoms. The molecule has 0 aliphatic carbocycles. The number of anilines is 1. The van der Waals surface area contributed by atoms with Crippen LogP contribution in [0.2, 0.25) is 0 Å². The predicted octanol–water partition coefficient (Wildman–Crippen LogP) is 6.20. The first-order valence-electron chi connectivity index (χ1n) is 10.1. The minimum Gasteiger partial charge on any atom is -0.487 e. The molecule has 0 spiro atoms. The van der Waals surface area contributed by atoms with E-state index in [1.54, 1.807) is 18.3 Å². The Kier molecular flexibility index (Phi) is 7.42. The fourth-order valence-corrected chi connectivity index (χ4v) is 5.43. The van der Waals surface area contributed by atoms with Crippen molar-refractivity contribution >= 4 is 74.1 Å². The highest BCUT2D eigenvalue weighted by Gasteiger charge is 2.11. The lowest BCUT2D eigenvalue weighted by molar-refractivity contribution is -0.384. The summed E-state index contributed by atoms with van der Waals surface area (Å²) < 4.78 is 9.96. The van der Waals surface area contributed by atoms with Gasteiger partial charge in [-0.15, -0.1) is 0 Å². The Morgan fingerprint density at radius 2 is 1.85 bits per heavy atom. The van der Waals surface area contributed by atoms with Crippen molar-refractivity contribution in [1.82, 2.24) is 9.55 Å². The number of hydrazone groups is 1. The number of ether oxygens (including phenoxy) is 1. The number of hydrogen-bond donors (Lipinski definition) is 1. The highest BCUT2D eigenvalue weighted by atomic mass is 127. The molecule has 1 N–H and O–H groups in total. The maximum absolute atomic E-state index is 10.8. The summed E-state index contributed by atoms with van der Waals surface area (Å²) in [6, 6.07) is 18.3. The van der Waals surface area contributed by atoms with E-state index < -0.39 is 4.92 Å². The van der Waals surface area contributed by atoms with Gasteiger partial charge >= 0.3 is 0 Å². The number of para-hydroxylation sites is 2. The maximum atomic E-state index is 10.8. The van der Waals surface area contributed by atoms with Crippen LogP contribution in [-0.4, -0.2) is 20.7 Å². The van der Waals surface area contributed by atoms with Crippen LogP contribution in [0.3, 0.4) is 0 Å². The van der Waals surface area contributed by atoms with Crippen LogP contribution in [0.1, 0.15) is 18.1 Å². The topological polar surface area (TPSA) is 94.6 Å². The SMILES string of the molecule is CCn1c(N/N=C\c2cc(I)c(OCc3ccc([N+](=O)[O-])cc3)c(I)c2)nc2ccccc21. The second-order valence-electron chi connectivity index (χ2n) is 7.06. The Morgan fingerprint density at radius 1 is 1.15 bits per heavy atom. The van der Waals surface area contributed by atoms with Crippen LogP contribution >= 0.6 is 45.2 Å². The molecule has 0 unspecified atom stereocenters. The van der Waals surface area contributed by atoms with Crippen LogP contribution in [0.25, 0.3) is 11.0 Å². The number of fused-ring (bicyclic) bond motifs is 1. The summed E-state index contributed by atoms with van der Waals surface area (Å²) in [5.41, 5.74) is 6.90. The molecule has 1 heterocycles. The number of aromatic nitrogens is 2. The van der Waals surface area contributed by atoms with Crippen LogP contribution in [-0.2, 0) is 13.2 Å². The van der Waals surface area contributed by atoms with E-state index in [2.05, 4.69) is 72.2 Å². The molecule has 8 nitrogen and oxygen atoms in total. The Balaban J connectivity index is 1.45. The number of nitrogens with one attached hydrogen (secondary N) is 1. The van der Waals surface area contributed by atoms with Crippen LogP contribution in [0.4, 0.5) is 11.6 Å². The summed E-state index contributed by atoms with van der Waals surface area (Å²) in [7, 11) is 0. The number of nitrogens with zero attached hydrogens (tertiary/aromatic N) is 4. The number of benzene rings is 3. The molecule has 0 saturated heterocycles. The molecular formula is C23H19I2N5O3. The zero-order valence-corrected chi connectivity index (χ0v) is 21.8. The van der Waals surface area contributed by atoms with Gasteiger partial charge in [0.1, 0.15) is 12.4 Å². The normalized spacial score (nSPS) is 11.2. The van der Waals surface area contributed by atoms with Crippen LogP contribution in [0.15, 0.2) is 65.8 Å². The summed E-state index contributed by atoms with van der Waals surface area (Å²) in [6.07, 6.45) is 1.75. The first-order chi connectivity index (χ1) is 16.0. The van der Waals surface area contributed by atoms with Gasteiger partial charge in [-0.1, -0.05) is 12.1 Å². The molecule has 0 atom stereocenters. The molecule has 0 aliphatic rings. The van der Waals surface area contributed by atoms with E-state index in [1.807, 2.05) is 36.4 Å². The van der Waals surface area contributed by atoms with Gasteiger partial charge in [-0.05, 0) is 99.6 Å². The smallest absolute Gasteiger partial charge is 0.269 e. The summed E-state index contributed by atoms with van der Waals surface area (Å²) in [5, 5.41) is 15.2. The minimum absolute atomic E-state index is 0.0645. The van der Waals surface area contributed by atoms with Crippen molar-refractivity contribution < 1.29 is 9.66 Å². The van der Waals surface area contributed by atoms with Gasteiger partial charge in [-0.25, -0.2) is 10.4 Å². The number of nitro groups is 1. The van der Waals surface area contributed by atoms with Crippen molar-refractivity contribution in [3.8, 4) is 5.75 Å². The molecule has 1 aromatic heterocycles. The highest BCUT2D eigenvalue weighted by Crippen LogP contribution is 2.29. The van der Waals surface area contributed by atoms with Gasteiger partial charge in [0.05, 0.1) is 29.3 Å². The third-order valence-corrected chi connectivity index (χ3v) is 6.50. The number of hydrogen-bond acceptors (Lipinski definition) is 6. The summed E-state index contributed by atoms with van der Waals surface area (Å²) in [6.45, 7) is 3.18. The number of nitro benzene ring substituents is 1. The molecule has 4 rings (SSSR count). The summed E-state index contributed by atoms with van der Waals surface area (Å²) in [5.74, 6) is 1.47. The van der Waals surface area contributed by atoms with Gasteiger partial charge < -0.3 is 9.30 Å². The third-order valence-electron chi connectivity index (χ3n) is 4.90. The van der Waals surface area contributed by atoms with E-state index in [1.165, 1.54) is 12.1 Å². The van der Waals surface area contributed by atoms with Crippen molar-refractivity contribution in [2.75, 3.05) is 5.43 Å². The molecular weight excluding hydrogens is 648 g/mol. The van der Waals surface area contributed by atoms with Gasteiger partial charge in [0, 0.05) is 18.7 Å². The van der Waals surface area contributed by atoms with Crippen molar-refractivity contribution in [3.05, 3.63) is 89.0 Å². The molecule has 0 fully saturated rings. The summed E-state index contributed by atoms with van der Waals surface area (Å²) in [4.78, 5) is 15.0.